The third-order valence-corrected chi connectivity index (χ3v) is 5.03. The summed E-state index contributed by atoms with van der Waals surface area (Å²) in [5, 5.41) is 5.66. The number of ether oxygens (including phenoxy) is 2. The van der Waals surface area contributed by atoms with Crippen LogP contribution in [0, 0.1) is 0 Å². The monoisotopic (exact) mass is 423 g/mol. The molecule has 1 aliphatic rings. The molecule has 0 unspecified atom stereocenters. The van der Waals surface area contributed by atoms with Crippen LogP contribution in [0.4, 0.5) is 10.5 Å². The number of carbonyl (C=O) groups is 3. The largest absolute Gasteiger partial charge is 0.460 e. The Hall–Kier alpha value is -3.65. The maximum atomic E-state index is 12.7. The minimum atomic E-state index is -0.669. The molecular formula is C23H25N3O5. The molecule has 8 heteroatoms. The van der Waals surface area contributed by atoms with Crippen LogP contribution in [-0.4, -0.2) is 50.2 Å². The molecule has 2 aromatic rings. The van der Waals surface area contributed by atoms with E-state index in [2.05, 4.69) is 10.6 Å². The molecule has 0 spiro atoms. The zero-order valence-corrected chi connectivity index (χ0v) is 17.7. The molecule has 0 saturated heterocycles. The highest BCUT2D eigenvalue weighted by atomic mass is 16.6. The van der Waals surface area contributed by atoms with Gasteiger partial charge < -0.3 is 25.0 Å². The van der Waals surface area contributed by atoms with E-state index in [1.165, 1.54) is 12.0 Å². The van der Waals surface area contributed by atoms with Crippen molar-refractivity contribution in [3.8, 4) is 0 Å². The van der Waals surface area contributed by atoms with E-state index in [9.17, 15) is 14.4 Å². The van der Waals surface area contributed by atoms with Gasteiger partial charge in [-0.1, -0.05) is 30.3 Å². The summed E-state index contributed by atoms with van der Waals surface area (Å²) >= 11 is 0. The van der Waals surface area contributed by atoms with Crippen LogP contribution in [0.2, 0.25) is 0 Å². The molecule has 2 aromatic carbocycles. The van der Waals surface area contributed by atoms with Crippen LogP contribution in [0.25, 0.3) is 0 Å². The second-order valence-corrected chi connectivity index (χ2v) is 7.01. The van der Waals surface area contributed by atoms with Crippen molar-refractivity contribution in [3.63, 3.8) is 0 Å². The number of hydrogen-bond donors (Lipinski definition) is 2. The fraction of sp³-hybridized carbons (Fsp3) is 0.261. The van der Waals surface area contributed by atoms with Gasteiger partial charge in [-0.3, -0.25) is 4.79 Å². The Bertz CT molecular complexity index is 986. The molecule has 0 radical (unpaired) electrons. The minimum absolute atomic E-state index is 0.112. The maximum Gasteiger partial charge on any atom is 0.338 e. The van der Waals surface area contributed by atoms with E-state index in [0.717, 1.165) is 0 Å². The van der Waals surface area contributed by atoms with Crippen molar-refractivity contribution in [3.05, 3.63) is 77.0 Å². The van der Waals surface area contributed by atoms with E-state index < -0.39 is 12.0 Å². The average Bonchev–Trinajstić information content (AvgIpc) is 2.78. The lowest BCUT2D eigenvalue weighted by molar-refractivity contribution is -0.140. The van der Waals surface area contributed by atoms with Gasteiger partial charge in [0, 0.05) is 31.1 Å². The van der Waals surface area contributed by atoms with Gasteiger partial charge in [-0.2, -0.15) is 0 Å². The Kier molecular flexibility index (Phi) is 7.04. The maximum absolute atomic E-state index is 12.7. The summed E-state index contributed by atoms with van der Waals surface area (Å²) in [4.78, 5) is 38.8. The highest BCUT2D eigenvalue weighted by molar-refractivity contribution is 6.04. The van der Waals surface area contributed by atoms with Crippen molar-refractivity contribution in [2.75, 3.05) is 32.7 Å². The summed E-state index contributed by atoms with van der Waals surface area (Å²) in [7, 11) is 3.11. The molecule has 0 aromatic heterocycles. The standard InChI is InChI=1S/C23H25N3O5/c1-15-19(22(28)31-14-13-30-3)20(25-23(29)26(15)2)16-9-11-18(12-10-16)24-21(27)17-7-5-4-6-8-17/h4-12,20H,13-14H2,1-3H3,(H,24,27)(H,25,29)/t20-/m0/s1. The van der Waals surface area contributed by atoms with Crippen molar-refractivity contribution in [1.82, 2.24) is 10.2 Å². The van der Waals surface area contributed by atoms with Gasteiger partial charge in [-0.15, -0.1) is 0 Å². The van der Waals surface area contributed by atoms with E-state index in [1.807, 2.05) is 6.07 Å². The smallest absolute Gasteiger partial charge is 0.338 e. The number of hydrogen-bond acceptors (Lipinski definition) is 5. The Morgan fingerprint density at radius 3 is 2.39 bits per heavy atom. The number of amides is 3. The zero-order valence-electron chi connectivity index (χ0n) is 17.7. The summed E-state index contributed by atoms with van der Waals surface area (Å²) in [6, 6.07) is 14.9. The quantitative estimate of drug-likeness (QED) is 0.527. The van der Waals surface area contributed by atoms with Gasteiger partial charge in [0.25, 0.3) is 5.91 Å². The molecule has 3 amide bonds. The van der Waals surface area contributed by atoms with Crippen LogP contribution < -0.4 is 10.6 Å². The van der Waals surface area contributed by atoms with E-state index in [-0.39, 0.29) is 25.2 Å². The number of urea groups is 1. The molecule has 8 nitrogen and oxygen atoms in total. The number of nitrogens with zero attached hydrogens (tertiary/aromatic N) is 1. The van der Waals surface area contributed by atoms with E-state index in [1.54, 1.807) is 62.5 Å². The van der Waals surface area contributed by atoms with Crippen LogP contribution in [0.5, 0.6) is 0 Å². The first-order valence-electron chi connectivity index (χ1n) is 9.79. The first-order valence-corrected chi connectivity index (χ1v) is 9.79. The molecule has 162 valence electrons. The molecule has 1 atom stereocenters. The fourth-order valence-electron chi connectivity index (χ4n) is 3.20. The first-order chi connectivity index (χ1) is 14.9. The summed E-state index contributed by atoms with van der Waals surface area (Å²) in [6.07, 6.45) is 0. The second kappa shape index (κ2) is 9.90. The van der Waals surface area contributed by atoms with Gasteiger partial charge in [0.2, 0.25) is 0 Å². The van der Waals surface area contributed by atoms with Crippen LogP contribution in [-0.2, 0) is 14.3 Å². The highest BCUT2D eigenvalue weighted by Gasteiger charge is 2.35. The molecular weight excluding hydrogens is 398 g/mol. The topological polar surface area (TPSA) is 97.0 Å². The van der Waals surface area contributed by atoms with Crippen molar-refractivity contribution < 1.29 is 23.9 Å². The van der Waals surface area contributed by atoms with Crippen molar-refractivity contribution in [2.45, 2.75) is 13.0 Å². The van der Waals surface area contributed by atoms with Crippen LogP contribution in [0.1, 0.15) is 28.9 Å². The lowest BCUT2D eigenvalue weighted by Crippen LogP contribution is -2.46. The van der Waals surface area contributed by atoms with Crippen molar-refractivity contribution in [1.29, 1.82) is 0 Å². The Balaban J connectivity index is 1.81. The van der Waals surface area contributed by atoms with Gasteiger partial charge in [0.1, 0.15) is 6.61 Å². The zero-order chi connectivity index (χ0) is 22.4. The number of benzene rings is 2. The number of rotatable bonds is 7. The number of carbonyl (C=O) groups excluding carboxylic acids is 3. The van der Waals surface area contributed by atoms with Crippen molar-refractivity contribution in [2.24, 2.45) is 0 Å². The predicted octanol–water partition coefficient (Wildman–Crippen LogP) is 3.10. The van der Waals surface area contributed by atoms with Crippen LogP contribution in [0.3, 0.4) is 0 Å². The Morgan fingerprint density at radius 1 is 1.06 bits per heavy atom. The Morgan fingerprint density at radius 2 is 1.74 bits per heavy atom. The van der Waals surface area contributed by atoms with Crippen LogP contribution in [0.15, 0.2) is 65.9 Å². The number of esters is 1. The van der Waals surface area contributed by atoms with Gasteiger partial charge >= 0.3 is 12.0 Å². The average molecular weight is 423 g/mol. The molecule has 0 fully saturated rings. The molecule has 31 heavy (non-hydrogen) atoms. The first kappa shape index (κ1) is 22.0. The third kappa shape index (κ3) is 5.10. The fourth-order valence-corrected chi connectivity index (χ4v) is 3.20. The number of nitrogens with one attached hydrogen (secondary N) is 2. The summed E-state index contributed by atoms with van der Waals surface area (Å²) in [5.41, 5.74) is 2.70. The summed E-state index contributed by atoms with van der Waals surface area (Å²) in [6.45, 7) is 2.09. The minimum Gasteiger partial charge on any atom is -0.460 e. The number of allylic oxidation sites excluding steroid dienone is 1. The summed E-state index contributed by atoms with van der Waals surface area (Å²) < 4.78 is 10.2. The van der Waals surface area contributed by atoms with Gasteiger partial charge in [-0.25, -0.2) is 9.59 Å². The summed E-state index contributed by atoms with van der Waals surface area (Å²) in [5.74, 6) is -0.744. The lowest BCUT2D eigenvalue weighted by Gasteiger charge is -2.33. The molecule has 0 saturated carbocycles. The van der Waals surface area contributed by atoms with Gasteiger partial charge in [0.05, 0.1) is 18.2 Å². The molecule has 1 heterocycles. The number of anilines is 1. The van der Waals surface area contributed by atoms with Crippen molar-refractivity contribution >= 4 is 23.6 Å². The van der Waals surface area contributed by atoms with Crippen LogP contribution >= 0.6 is 0 Å². The molecule has 2 N–H and O–H groups in total. The van der Waals surface area contributed by atoms with Gasteiger partial charge in [-0.05, 0) is 36.8 Å². The van der Waals surface area contributed by atoms with E-state index in [4.69, 9.17) is 9.47 Å². The van der Waals surface area contributed by atoms with E-state index in [0.29, 0.717) is 28.1 Å². The third-order valence-electron chi connectivity index (χ3n) is 5.03. The molecule has 0 aliphatic carbocycles. The number of methoxy groups -OCH3 is 1. The lowest BCUT2D eigenvalue weighted by atomic mass is 9.95. The van der Waals surface area contributed by atoms with Gasteiger partial charge in [0.15, 0.2) is 0 Å². The predicted molar refractivity (Wildman–Crippen MR) is 115 cm³/mol. The second-order valence-electron chi connectivity index (χ2n) is 7.01. The molecule has 0 bridgehead atoms. The molecule has 3 rings (SSSR count). The van der Waals surface area contributed by atoms with E-state index >= 15 is 0 Å². The normalized spacial score (nSPS) is 16.0. The molecule has 1 aliphatic heterocycles. The Labute approximate surface area is 180 Å². The highest BCUT2D eigenvalue weighted by Crippen LogP contribution is 2.31. The SMILES string of the molecule is COCCOC(=O)C1=C(C)N(C)C(=O)N[C@H]1c1ccc(NC(=O)c2ccccc2)cc1.